The highest BCUT2D eigenvalue weighted by molar-refractivity contribution is 7.80. The van der Waals surface area contributed by atoms with E-state index in [9.17, 15) is 4.79 Å². The van der Waals surface area contributed by atoms with Gasteiger partial charge in [-0.1, -0.05) is 23.7 Å². The summed E-state index contributed by atoms with van der Waals surface area (Å²) in [6.45, 7) is 5.03. The van der Waals surface area contributed by atoms with Gasteiger partial charge in [-0.15, -0.1) is 0 Å². The van der Waals surface area contributed by atoms with Crippen LogP contribution in [0.2, 0.25) is 5.02 Å². The molecule has 1 aliphatic heterocycles. The van der Waals surface area contributed by atoms with Gasteiger partial charge in [0.05, 0.1) is 24.8 Å². The van der Waals surface area contributed by atoms with Crippen LogP contribution in [0.3, 0.4) is 0 Å². The van der Waals surface area contributed by atoms with Crippen LogP contribution in [-0.4, -0.2) is 42.8 Å². The van der Waals surface area contributed by atoms with Gasteiger partial charge < -0.3 is 19.7 Å². The number of nitrogens with zero attached hydrogens (tertiary/aromatic N) is 1. The smallest absolute Gasteiger partial charge is 0.338 e. The van der Waals surface area contributed by atoms with Gasteiger partial charge in [-0.25, -0.2) is 4.79 Å². The molecule has 0 saturated heterocycles. The lowest BCUT2D eigenvalue weighted by Crippen LogP contribution is -2.48. The summed E-state index contributed by atoms with van der Waals surface area (Å²) < 4.78 is 10.4. The summed E-state index contributed by atoms with van der Waals surface area (Å²) >= 11 is 11.4. The Hall–Kier alpha value is -1.63. The van der Waals surface area contributed by atoms with Crippen molar-refractivity contribution in [1.82, 2.24) is 10.2 Å². The van der Waals surface area contributed by atoms with Crippen LogP contribution in [0.4, 0.5) is 0 Å². The second-order valence-electron chi connectivity index (χ2n) is 5.30. The second-order valence-corrected chi connectivity index (χ2v) is 6.12. The van der Waals surface area contributed by atoms with Crippen molar-refractivity contribution >= 4 is 34.9 Å². The van der Waals surface area contributed by atoms with Crippen molar-refractivity contribution in [2.24, 2.45) is 0 Å². The topological polar surface area (TPSA) is 50.8 Å². The summed E-state index contributed by atoms with van der Waals surface area (Å²) in [5.74, 6) is -0.354. The van der Waals surface area contributed by atoms with E-state index in [0.29, 0.717) is 35.5 Å². The van der Waals surface area contributed by atoms with Crippen molar-refractivity contribution in [3.05, 3.63) is 46.1 Å². The van der Waals surface area contributed by atoms with Gasteiger partial charge in [-0.3, -0.25) is 0 Å². The van der Waals surface area contributed by atoms with Gasteiger partial charge in [0.2, 0.25) is 0 Å². The van der Waals surface area contributed by atoms with Crippen molar-refractivity contribution in [3.63, 3.8) is 0 Å². The van der Waals surface area contributed by atoms with E-state index in [1.807, 2.05) is 24.0 Å². The Balaban J connectivity index is 2.45. The van der Waals surface area contributed by atoms with Crippen LogP contribution in [0, 0.1) is 0 Å². The van der Waals surface area contributed by atoms with Gasteiger partial charge in [-0.2, -0.15) is 0 Å². The Morgan fingerprint density at radius 2 is 2.04 bits per heavy atom. The molecule has 0 amide bonds. The predicted molar refractivity (Wildman–Crippen MR) is 97.8 cm³/mol. The van der Waals surface area contributed by atoms with Crippen LogP contribution in [0.25, 0.3) is 0 Å². The number of allylic oxidation sites excluding steroid dienone is 1. The first-order chi connectivity index (χ1) is 11.5. The highest BCUT2D eigenvalue weighted by Gasteiger charge is 2.34. The van der Waals surface area contributed by atoms with Gasteiger partial charge >= 0.3 is 5.97 Å². The number of ether oxygens (including phenoxy) is 2. The quantitative estimate of drug-likeness (QED) is 0.615. The third-order valence-corrected chi connectivity index (χ3v) is 4.40. The van der Waals surface area contributed by atoms with Crippen LogP contribution in [0.5, 0.6) is 0 Å². The van der Waals surface area contributed by atoms with Crippen molar-refractivity contribution in [3.8, 4) is 0 Å². The lowest BCUT2D eigenvalue weighted by Gasteiger charge is -2.37. The molecule has 0 aliphatic carbocycles. The summed E-state index contributed by atoms with van der Waals surface area (Å²) in [6.07, 6.45) is 0. The van der Waals surface area contributed by atoms with Gasteiger partial charge in [0.25, 0.3) is 0 Å². The maximum atomic E-state index is 12.5. The lowest BCUT2D eigenvalue weighted by molar-refractivity contribution is -0.139. The molecule has 24 heavy (non-hydrogen) atoms. The molecule has 0 aromatic heterocycles. The van der Waals surface area contributed by atoms with Crippen molar-refractivity contribution in [1.29, 1.82) is 0 Å². The zero-order chi connectivity index (χ0) is 17.7. The van der Waals surface area contributed by atoms with E-state index in [2.05, 4.69) is 5.32 Å². The number of nitrogens with one attached hydrogen (secondary N) is 1. The normalized spacial score (nSPS) is 17.8. The van der Waals surface area contributed by atoms with E-state index in [-0.39, 0.29) is 12.0 Å². The number of benzene rings is 1. The maximum Gasteiger partial charge on any atom is 0.338 e. The molecule has 0 unspecified atom stereocenters. The fourth-order valence-corrected chi connectivity index (χ4v) is 3.08. The molecule has 130 valence electrons. The molecule has 5 nitrogen and oxygen atoms in total. The molecule has 2 rings (SSSR count). The van der Waals surface area contributed by atoms with Crippen molar-refractivity contribution in [2.45, 2.75) is 19.9 Å². The standard InChI is InChI=1S/C17H21ClN2O3S/c1-4-23-16(21)14-11(2)20(9-10-22-3)17(24)19-15(14)12-5-7-13(18)8-6-12/h5-8,15H,4,9-10H2,1-3H3,(H,19,24)/t15-/m1/s1. The number of carbonyl (C=O) groups is 1. The third-order valence-electron chi connectivity index (χ3n) is 3.81. The minimum absolute atomic E-state index is 0.311. The molecule has 0 bridgehead atoms. The van der Waals surface area contributed by atoms with Crippen LogP contribution in [0.15, 0.2) is 35.5 Å². The number of halogens is 1. The van der Waals surface area contributed by atoms with E-state index in [1.54, 1.807) is 26.2 Å². The Labute approximate surface area is 152 Å². The fraction of sp³-hybridized carbons (Fsp3) is 0.412. The first-order valence-corrected chi connectivity index (χ1v) is 8.48. The molecule has 1 heterocycles. The Morgan fingerprint density at radius 1 is 1.38 bits per heavy atom. The molecule has 1 aromatic rings. The van der Waals surface area contributed by atoms with Crippen LogP contribution in [0.1, 0.15) is 25.5 Å². The number of hydrogen-bond acceptors (Lipinski definition) is 4. The monoisotopic (exact) mass is 368 g/mol. The zero-order valence-corrected chi connectivity index (χ0v) is 15.5. The Kier molecular flexibility index (Phi) is 6.60. The first-order valence-electron chi connectivity index (χ1n) is 7.69. The fourth-order valence-electron chi connectivity index (χ4n) is 2.61. The third kappa shape index (κ3) is 4.06. The molecule has 1 atom stereocenters. The average molecular weight is 369 g/mol. The predicted octanol–water partition coefficient (Wildman–Crippen LogP) is 3.05. The van der Waals surface area contributed by atoms with E-state index >= 15 is 0 Å². The summed E-state index contributed by atoms with van der Waals surface area (Å²) in [4.78, 5) is 14.4. The highest BCUT2D eigenvalue weighted by atomic mass is 35.5. The second kappa shape index (κ2) is 8.46. The lowest BCUT2D eigenvalue weighted by atomic mass is 9.95. The van der Waals surface area contributed by atoms with E-state index in [0.717, 1.165) is 11.3 Å². The summed E-state index contributed by atoms with van der Waals surface area (Å²) in [5.41, 5.74) is 2.22. The molecule has 0 spiro atoms. The number of carbonyl (C=O) groups excluding carboxylic acids is 1. The molecule has 1 aromatic carbocycles. The summed E-state index contributed by atoms with van der Waals surface area (Å²) in [5, 5.41) is 4.42. The molecule has 1 N–H and O–H groups in total. The molecule has 0 saturated carbocycles. The number of thiocarbonyl (C=S) groups is 1. The van der Waals surface area contributed by atoms with E-state index in [4.69, 9.17) is 33.3 Å². The van der Waals surface area contributed by atoms with Crippen molar-refractivity contribution < 1.29 is 14.3 Å². The Morgan fingerprint density at radius 3 is 2.62 bits per heavy atom. The van der Waals surface area contributed by atoms with Gasteiger partial charge in [0, 0.05) is 24.4 Å². The SMILES string of the molecule is CCOC(=O)C1=C(C)N(CCOC)C(=S)N[C@@H]1c1ccc(Cl)cc1. The minimum Gasteiger partial charge on any atom is -0.463 e. The van der Waals surface area contributed by atoms with E-state index in [1.165, 1.54) is 0 Å². The van der Waals surface area contributed by atoms with Crippen LogP contribution in [-0.2, 0) is 14.3 Å². The average Bonchev–Trinajstić information content (AvgIpc) is 2.55. The maximum absolute atomic E-state index is 12.5. The number of hydrogen-bond donors (Lipinski definition) is 1. The molecule has 1 aliphatic rings. The first kappa shape index (κ1) is 18.7. The zero-order valence-electron chi connectivity index (χ0n) is 14.0. The Bertz CT molecular complexity index is 646. The van der Waals surface area contributed by atoms with Gasteiger partial charge in [0.15, 0.2) is 5.11 Å². The van der Waals surface area contributed by atoms with Crippen molar-refractivity contribution in [2.75, 3.05) is 26.9 Å². The van der Waals surface area contributed by atoms with E-state index < -0.39 is 0 Å². The molecule has 7 heteroatoms. The summed E-state index contributed by atoms with van der Waals surface area (Å²) in [6, 6.07) is 6.96. The molecular weight excluding hydrogens is 348 g/mol. The van der Waals surface area contributed by atoms with Gasteiger partial charge in [0.1, 0.15) is 0 Å². The number of methoxy groups -OCH3 is 1. The largest absolute Gasteiger partial charge is 0.463 e. The highest BCUT2D eigenvalue weighted by Crippen LogP contribution is 2.31. The number of esters is 1. The van der Waals surface area contributed by atoms with Crippen LogP contribution >= 0.6 is 23.8 Å². The minimum atomic E-state index is -0.368. The molecule has 0 radical (unpaired) electrons. The summed E-state index contributed by atoms with van der Waals surface area (Å²) in [7, 11) is 1.63. The molecular formula is C17H21ClN2O3S. The van der Waals surface area contributed by atoms with Gasteiger partial charge in [-0.05, 0) is 43.8 Å². The molecule has 0 fully saturated rings. The van der Waals surface area contributed by atoms with Crippen LogP contribution < -0.4 is 5.32 Å². The number of rotatable bonds is 6.